The van der Waals surface area contributed by atoms with Gasteiger partial charge in [0.2, 0.25) is 5.91 Å². The molecule has 1 atom stereocenters. The Morgan fingerprint density at radius 3 is 2.78 bits per heavy atom. The van der Waals surface area contributed by atoms with Gasteiger partial charge in [-0.05, 0) is 31.2 Å². The third-order valence-electron chi connectivity index (χ3n) is 3.81. The Morgan fingerprint density at radius 2 is 2.09 bits per heavy atom. The van der Waals surface area contributed by atoms with E-state index < -0.39 is 0 Å². The smallest absolute Gasteiger partial charge is 0.315 e. The van der Waals surface area contributed by atoms with E-state index in [-0.39, 0.29) is 18.0 Å². The van der Waals surface area contributed by atoms with Crippen molar-refractivity contribution in [3.8, 4) is 0 Å². The van der Waals surface area contributed by atoms with E-state index in [1.54, 1.807) is 23.3 Å². The van der Waals surface area contributed by atoms with Crippen LogP contribution in [0.3, 0.4) is 0 Å². The fraction of sp³-hybridized carbons (Fsp3) is 0.294. The molecule has 1 aromatic carbocycles. The first-order valence-corrected chi connectivity index (χ1v) is 7.55. The summed E-state index contributed by atoms with van der Waals surface area (Å²) in [5, 5.41) is 5.54. The molecule has 1 fully saturated rings. The van der Waals surface area contributed by atoms with Gasteiger partial charge in [0.1, 0.15) is 5.76 Å². The lowest BCUT2D eigenvalue weighted by molar-refractivity contribution is -0.117. The van der Waals surface area contributed by atoms with Crippen LogP contribution in [0.2, 0.25) is 0 Å². The van der Waals surface area contributed by atoms with Gasteiger partial charge >= 0.3 is 6.03 Å². The van der Waals surface area contributed by atoms with Crippen molar-refractivity contribution >= 4 is 17.6 Å². The number of rotatable bonds is 4. The molecule has 2 heterocycles. The van der Waals surface area contributed by atoms with Crippen LogP contribution in [0.25, 0.3) is 0 Å². The maximum absolute atomic E-state index is 12.1. The number of nitrogens with one attached hydrogen (secondary N) is 2. The molecular formula is C17H19N3O3. The molecule has 0 spiro atoms. The fourth-order valence-electron chi connectivity index (χ4n) is 2.60. The summed E-state index contributed by atoms with van der Waals surface area (Å²) in [6.07, 6.45) is 1.87. The number of carbonyl (C=O) groups is 2. The van der Waals surface area contributed by atoms with E-state index in [4.69, 9.17) is 4.42 Å². The third kappa shape index (κ3) is 3.71. The minimum atomic E-state index is -0.301. The number of carbonyl (C=O) groups excluding carboxylic acids is 2. The summed E-state index contributed by atoms with van der Waals surface area (Å²) in [4.78, 5) is 25.7. The molecule has 1 aliphatic heterocycles. The van der Waals surface area contributed by atoms with Crippen molar-refractivity contribution in [2.75, 3.05) is 11.4 Å². The molecule has 1 aliphatic rings. The van der Waals surface area contributed by atoms with Crippen LogP contribution in [-0.2, 0) is 11.3 Å². The highest BCUT2D eigenvalue weighted by Gasteiger charge is 2.31. The van der Waals surface area contributed by atoms with Crippen LogP contribution in [0.1, 0.15) is 17.7 Å². The van der Waals surface area contributed by atoms with Gasteiger partial charge in [0.25, 0.3) is 0 Å². The highest BCUT2D eigenvalue weighted by Crippen LogP contribution is 2.21. The van der Waals surface area contributed by atoms with Crippen LogP contribution < -0.4 is 15.5 Å². The number of aryl methyl sites for hydroxylation is 1. The van der Waals surface area contributed by atoms with Crippen molar-refractivity contribution in [3.63, 3.8) is 0 Å². The lowest BCUT2D eigenvalue weighted by atomic mass is 10.2. The zero-order valence-corrected chi connectivity index (χ0v) is 12.9. The van der Waals surface area contributed by atoms with E-state index >= 15 is 0 Å². The summed E-state index contributed by atoms with van der Waals surface area (Å²) >= 11 is 0. The largest absolute Gasteiger partial charge is 0.467 e. The molecular weight excluding hydrogens is 294 g/mol. The van der Waals surface area contributed by atoms with Gasteiger partial charge in [0.15, 0.2) is 0 Å². The Morgan fingerprint density at radius 1 is 1.30 bits per heavy atom. The fourth-order valence-corrected chi connectivity index (χ4v) is 2.60. The van der Waals surface area contributed by atoms with E-state index in [0.717, 1.165) is 11.3 Å². The number of nitrogens with zero attached hydrogens (tertiary/aromatic N) is 1. The second kappa shape index (κ2) is 6.56. The van der Waals surface area contributed by atoms with E-state index in [9.17, 15) is 9.59 Å². The molecule has 23 heavy (non-hydrogen) atoms. The van der Waals surface area contributed by atoms with Crippen molar-refractivity contribution in [3.05, 3.63) is 54.0 Å². The summed E-state index contributed by atoms with van der Waals surface area (Å²) in [7, 11) is 0. The van der Waals surface area contributed by atoms with Crippen LogP contribution >= 0.6 is 0 Å². The second-order valence-corrected chi connectivity index (χ2v) is 5.65. The Hall–Kier alpha value is -2.76. The van der Waals surface area contributed by atoms with Crippen molar-refractivity contribution in [1.29, 1.82) is 0 Å². The first-order chi connectivity index (χ1) is 11.1. The summed E-state index contributed by atoms with van der Waals surface area (Å²) in [5.41, 5.74) is 2.01. The summed E-state index contributed by atoms with van der Waals surface area (Å²) < 4.78 is 5.15. The minimum Gasteiger partial charge on any atom is -0.467 e. The van der Waals surface area contributed by atoms with Gasteiger partial charge in [0, 0.05) is 18.7 Å². The van der Waals surface area contributed by atoms with Crippen molar-refractivity contribution in [2.24, 2.45) is 0 Å². The van der Waals surface area contributed by atoms with Crippen LogP contribution in [0, 0.1) is 6.92 Å². The normalized spacial score (nSPS) is 17.3. The maximum Gasteiger partial charge on any atom is 0.315 e. The molecule has 2 aromatic rings. The van der Waals surface area contributed by atoms with Crippen molar-refractivity contribution in [1.82, 2.24) is 10.6 Å². The zero-order valence-electron chi connectivity index (χ0n) is 12.9. The first-order valence-electron chi connectivity index (χ1n) is 7.55. The van der Waals surface area contributed by atoms with E-state index in [0.29, 0.717) is 25.3 Å². The molecule has 120 valence electrons. The van der Waals surface area contributed by atoms with E-state index in [2.05, 4.69) is 10.6 Å². The number of urea groups is 1. The van der Waals surface area contributed by atoms with Crippen molar-refractivity contribution < 1.29 is 14.0 Å². The van der Waals surface area contributed by atoms with Gasteiger partial charge in [0.05, 0.1) is 18.8 Å². The number of furan rings is 1. The summed E-state index contributed by atoms with van der Waals surface area (Å²) in [6.45, 7) is 2.81. The van der Waals surface area contributed by atoms with Gasteiger partial charge in [-0.25, -0.2) is 4.79 Å². The predicted octanol–water partition coefficient (Wildman–Crippen LogP) is 2.19. The zero-order chi connectivity index (χ0) is 16.2. The van der Waals surface area contributed by atoms with Gasteiger partial charge in [-0.3, -0.25) is 4.79 Å². The molecule has 6 nitrogen and oxygen atoms in total. The standard InChI is InChI=1S/C17H19N3O3/c1-12-4-6-14(7-5-12)20-11-13(9-16(20)21)19-17(22)18-10-15-3-2-8-23-15/h2-8,13H,9-11H2,1H3,(H2,18,19,22). The van der Waals surface area contributed by atoms with Crippen LogP contribution in [0.15, 0.2) is 47.1 Å². The quantitative estimate of drug-likeness (QED) is 0.908. The van der Waals surface area contributed by atoms with E-state index in [1.165, 1.54) is 0 Å². The summed E-state index contributed by atoms with van der Waals surface area (Å²) in [6, 6.07) is 10.9. The Bertz CT molecular complexity index is 680. The average molecular weight is 313 g/mol. The topological polar surface area (TPSA) is 74.6 Å². The predicted molar refractivity (Wildman–Crippen MR) is 86.0 cm³/mol. The SMILES string of the molecule is Cc1ccc(N2CC(NC(=O)NCc3ccco3)CC2=O)cc1. The highest BCUT2D eigenvalue weighted by atomic mass is 16.3. The molecule has 6 heteroatoms. The maximum atomic E-state index is 12.1. The molecule has 0 radical (unpaired) electrons. The van der Waals surface area contributed by atoms with Gasteiger partial charge < -0.3 is 20.0 Å². The van der Waals surface area contributed by atoms with Crippen molar-refractivity contribution in [2.45, 2.75) is 25.9 Å². The van der Waals surface area contributed by atoms with Gasteiger partial charge in [-0.15, -0.1) is 0 Å². The Labute approximate surface area is 134 Å². The van der Waals surface area contributed by atoms with Gasteiger partial charge in [-0.2, -0.15) is 0 Å². The first kappa shape index (κ1) is 15.1. The van der Waals surface area contributed by atoms with E-state index in [1.807, 2.05) is 31.2 Å². The van der Waals surface area contributed by atoms with Crippen LogP contribution in [0.5, 0.6) is 0 Å². The monoisotopic (exact) mass is 313 g/mol. The molecule has 1 saturated heterocycles. The van der Waals surface area contributed by atoms with Crippen LogP contribution in [-0.4, -0.2) is 24.5 Å². The molecule has 3 rings (SSSR count). The summed E-state index contributed by atoms with van der Waals surface area (Å²) in [5.74, 6) is 0.703. The molecule has 1 aromatic heterocycles. The molecule has 2 N–H and O–H groups in total. The number of hydrogen-bond acceptors (Lipinski definition) is 3. The number of benzene rings is 1. The second-order valence-electron chi connectivity index (χ2n) is 5.65. The molecule has 3 amide bonds. The molecule has 0 saturated carbocycles. The molecule has 1 unspecified atom stereocenters. The number of amides is 3. The number of anilines is 1. The molecule has 0 bridgehead atoms. The third-order valence-corrected chi connectivity index (χ3v) is 3.81. The average Bonchev–Trinajstić information content (AvgIpc) is 3.16. The number of hydrogen-bond donors (Lipinski definition) is 2. The Balaban J connectivity index is 1.53. The van der Waals surface area contributed by atoms with Gasteiger partial charge in [-0.1, -0.05) is 17.7 Å². The Kier molecular flexibility index (Phi) is 4.32. The van der Waals surface area contributed by atoms with Crippen LogP contribution in [0.4, 0.5) is 10.5 Å². The lowest BCUT2D eigenvalue weighted by Crippen LogP contribution is -2.43. The lowest BCUT2D eigenvalue weighted by Gasteiger charge is -2.17. The minimum absolute atomic E-state index is 0.0187. The highest BCUT2D eigenvalue weighted by molar-refractivity contribution is 5.96. The molecule has 0 aliphatic carbocycles.